The van der Waals surface area contributed by atoms with E-state index in [1.807, 2.05) is 0 Å². The van der Waals surface area contributed by atoms with E-state index >= 15 is 0 Å². The number of rotatable bonds is 5. The number of carbonyl (C=O) groups is 1. The lowest BCUT2D eigenvalue weighted by Gasteiger charge is -2.07. The molecule has 1 aromatic carbocycles. The molecule has 0 radical (unpaired) electrons. The minimum Gasteiger partial charge on any atom is -0.360 e. The molecule has 2 aromatic heterocycles. The molecule has 3 aromatic rings. The average Bonchev–Trinajstić information content (AvgIpc) is 3.19. The average molecular weight is 364 g/mol. The number of thiazole rings is 1. The molecule has 0 atom stereocenters. The summed E-state index contributed by atoms with van der Waals surface area (Å²) in [4.78, 5) is 16.1. The van der Waals surface area contributed by atoms with E-state index in [2.05, 4.69) is 20.2 Å². The van der Waals surface area contributed by atoms with E-state index in [1.54, 1.807) is 18.5 Å². The first-order chi connectivity index (χ1) is 11.4. The minimum absolute atomic E-state index is 0.0602. The highest BCUT2D eigenvalue weighted by molar-refractivity contribution is 7.92. The molecule has 0 saturated carbocycles. The molecule has 0 unspecified atom stereocenters. The number of hydrogen-bond acceptors (Lipinski definition) is 7. The maximum absolute atomic E-state index is 12.4. The van der Waals surface area contributed by atoms with Gasteiger partial charge in [0.15, 0.2) is 10.9 Å². The molecule has 0 fully saturated rings. The van der Waals surface area contributed by atoms with Crippen LogP contribution in [-0.4, -0.2) is 24.5 Å². The Labute approximate surface area is 141 Å². The quantitative estimate of drug-likeness (QED) is 0.719. The lowest BCUT2D eigenvalue weighted by atomic mass is 10.2. The first kappa shape index (κ1) is 16.1. The fourth-order valence-electron chi connectivity index (χ4n) is 1.87. The second-order valence-electron chi connectivity index (χ2n) is 4.75. The number of aromatic nitrogens is 2. The van der Waals surface area contributed by atoms with Crippen LogP contribution in [0.5, 0.6) is 0 Å². The number of benzene rings is 1. The van der Waals surface area contributed by atoms with Crippen molar-refractivity contribution in [2.45, 2.75) is 11.8 Å². The molecule has 24 heavy (non-hydrogen) atoms. The second-order valence-corrected chi connectivity index (χ2v) is 7.32. The van der Waals surface area contributed by atoms with Crippen LogP contribution in [0.3, 0.4) is 0 Å². The van der Waals surface area contributed by atoms with E-state index in [9.17, 15) is 13.2 Å². The molecule has 2 N–H and O–H groups in total. The Morgan fingerprint density at radius 2 is 2.12 bits per heavy atom. The van der Waals surface area contributed by atoms with Gasteiger partial charge in [0.25, 0.3) is 15.9 Å². The zero-order valence-corrected chi connectivity index (χ0v) is 14.0. The van der Waals surface area contributed by atoms with E-state index in [0.29, 0.717) is 10.9 Å². The molecule has 0 bridgehead atoms. The topological polar surface area (TPSA) is 114 Å². The molecule has 0 aliphatic heterocycles. The molecule has 2 heterocycles. The summed E-state index contributed by atoms with van der Waals surface area (Å²) >= 11 is 1.27. The normalized spacial score (nSPS) is 11.2. The van der Waals surface area contributed by atoms with Gasteiger partial charge in [-0.25, -0.2) is 13.4 Å². The minimum atomic E-state index is -3.88. The predicted octanol–water partition coefficient (Wildman–Crippen LogP) is 2.49. The van der Waals surface area contributed by atoms with Crippen molar-refractivity contribution in [3.8, 4) is 0 Å². The molecule has 124 valence electrons. The molecule has 0 aliphatic carbocycles. The summed E-state index contributed by atoms with van der Waals surface area (Å²) in [5.74, 6) is 0.105. The molecule has 8 nitrogen and oxygen atoms in total. The smallest absolute Gasteiger partial charge is 0.263 e. The third-order valence-corrected chi connectivity index (χ3v) is 4.97. The van der Waals surface area contributed by atoms with Gasteiger partial charge in [-0.2, -0.15) is 0 Å². The van der Waals surface area contributed by atoms with Crippen molar-refractivity contribution in [2.24, 2.45) is 0 Å². The lowest BCUT2D eigenvalue weighted by Crippen LogP contribution is -2.16. The highest BCUT2D eigenvalue weighted by Gasteiger charge is 2.18. The van der Waals surface area contributed by atoms with Crippen LogP contribution >= 0.6 is 11.3 Å². The maximum atomic E-state index is 12.4. The van der Waals surface area contributed by atoms with Crippen molar-refractivity contribution < 1.29 is 17.7 Å². The number of nitrogens with one attached hydrogen (secondary N) is 2. The van der Waals surface area contributed by atoms with Crippen molar-refractivity contribution in [3.63, 3.8) is 0 Å². The van der Waals surface area contributed by atoms with Gasteiger partial charge in [-0.05, 0) is 25.1 Å². The van der Waals surface area contributed by atoms with Crippen LogP contribution in [0.15, 0.2) is 51.3 Å². The van der Waals surface area contributed by atoms with Gasteiger partial charge in [0.1, 0.15) is 5.76 Å². The Morgan fingerprint density at radius 1 is 1.29 bits per heavy atom. The number of amides is 1. The molecular formula is C14H12N4O4S2. The van der Waals surface area contributed by atoms with Crippen LogP contribution in [0.1, 0.15) is 16.1 Å². The zero-order valence-electron chi connectivity index (χ0n) is 12.4. The van der Waals surface area contributed by atoms with Gasteiger partial charge in [-0.1, -0.05) is 11.2 Å². The lowest BCUT2D eigenvalue weighted by molar-refractivity contribution is 0.102. The number of nitrogens with zero attached hydrogens (tertiary/aromatic N) is 2. The monoisotopic (exact) mass is 364 g/mol. The second kappa shape index (κ2) is 6.42. The summed E-state index contributed by atoms with van der Waals surface area (Å²) in [6.07, 6.45) is 1.56. The van der Waals surface area contributed by atoms with Gasteiger partial charge in [0.05, 0.1) is 4.90 Å². The summed E-state index contributed by atoms with van der Waals surface area (Å²) in [7, 11) is -3.88. The number of anilines is 2. The molecule has 10 heteroatoms. The summed E-state index contributed by atoms with van der Waals surface area (Å²) in [5, 5.41) is 8.34. The van der Waals surface area contributed by atoms with Crippen molar-refractivity contribution >= 4 is 38.2 Å². The van der Waals surface area contributed by atoms with Crippen molar-refractivity contribution in [2.75, 3.05) is 10.0 Å². The van der Waals surface area contributed by atoms with Crippen LogP contribution in [0.4, 0.5) is 10.9 Å². The molecule has 3 rings (SSSR count). The van der Waals surface area contributed by atoms with E-state index in [-0.39, 0.29) is 16.3 Å². The van der Waals surface area contributed by atoms with Gasteiger partial charge < -0.3 is 4.52 Å². The highest BCUT2D eigenvalue weighted by atomic mass is 32.2. The van der Waals surface area contributed by atoms with Crippen LogP contribution in [0, 0.1) is 6.92 Å². The summed E-state index contributed by atoms with van der Waals surface area (Å²) in [6.45, 7) is 1.65. The summed E-state index contributed by atoms with van der Waals surface area (Å²) in [6, 6.07) is 7.12. The molecule has 0 spiro atoms. The van der Waals surface area contributed by atoms with Crippen LogP contribution < -0.4 is 10.0 Å². The Kier molecular flexibility index (Phi) is 4.32. The Hall–Kier alpha value is -2.72. The van der Waals surface area contributed by atoms with E-state index in [4.69, 9.17) is 4.52 Å². The summed E-state index contributed by atoms with van der Waals surface area (Å²) < 4.78 is 31.8. The SMILES string of the molecule is Cc1cc(NS(=O)(=O)c2cccc(C(=O)Nc3nccs3)c2)no1. The van der Waals surface area contributed by atoms with Gasteiger partial charge in [-0.3, -0.25) is 14.8 Å². The predicted molar refractivity (Wildman–Crippen MR) is 88.6 cm³/mol. The number of hydrogen-bond donors (Lipinski definition) is 2. The third-order valence-electron chi connectivity index (χ3n) is 2.93. The first-order valence-electron chi connectivity index (χ1n) is 6.71. The molecule has 0 aliphatic rings. The fraction of sp³-hybridized carbons (Fsp3) is 0.0714. The molecule has 0 saturated heterocycles. The molecule has 1 amide bonds. The number of carbonyl (C=O) groups excluding carboxylic acids is 1. The van der Waals surface area contributed by atoms with Crippen molar-refractivity contribution in [1.29, 1.82) is 0 Å². The van der Waals surface area contributed by atoms with Crippen LogP contribution in [-0.2, 0) is 10.0 Å². The van der Waals surface area contributed by atoms with E-state index in [1.165, 1.54) is 41.7 Å². The highest BCUT2D eigenvalue weighted by Crippen LogP contribution is 2.18. The van der Waals surface area contributed by atoms with Gasteiger partial charge in [0.2, 0.25) is 0 Å². The van der Waals surface area contributed by atoms with Gasteiger partial charge in [-0.15, -0.1) is 11.3 Å². The van der Waals surface area contributed by atoms with Gasteiger partial charge in [0, 0.05) is 23.2 Å². The fourth-order valence-corrected chi connectivity index (χ4v) is 3.42. The van der Waals surface area contributed by atoms with Crippen LogP contribution in [0.25, 0.3) is 0 Å². The number of aryl methyl sites for hydroxylation is 1. The zero-order chi connectivity index (χ0) is 17.2. The van der Waals surface area contributed by atoms with Crippen LogP contribution in [0.2, 0.25) is 0 Å². The third kappa shape index (κ3) is 3.60. The maximum Gasteiger partial charge on any atom is 0.263 e. The number of sulfonamides is 1. The Bertz CT molecular complexity index is 964. The largest absolute Gasteiger partial charge is 0.360 e. The molecular weight excluding hydrogens is 352 g/mol. The summed E-state index contributed by atoms with van der Waals surface area (Å²) in [5.41, 5.74) is 0.199. The Balaban J connectivity index is 1.82. The van der Waals surface area contributed by atoms with E-state index < -0.39 is 15.9 Å². The van der Waals surface area contributed by atoms with Crippen molar-refractivity contribution in [1.82, 2.24) is 10.1 Å². The standard InChI is InChI=1S/C14H12N4O4S2/c1-9-7-12(17-22-9)18-24(20,21)11-4-2-3-10(8-11)13(19)16-14-15-5-6-23-14/h2-8H,1H3,(H,17,18)(H,15,16,19). The van der Waals surface area contributed by atoms with E-state index in [0.717, 1.165) is 0 Å². The Morgan fingerprint density at radius 3 is 2.79 bits per heavy atom. The first-order valence-corrected chi connectivity index (χ1v) is 9.07. The van der Waals surface area contributed by atoms with Gasteiger partial charge >= 0.3 is 0 Å². The van der Waals surface area contributed by atoms with Crippen molar-refractivity contribution in [3.05, 3.63) is 53.2 Å².